The number of anilines is 3. The van der Waals surface area contributed by atoms with Gasteiger partial charge in [0.1, 0.15) is 0 Å². The number of nitrogens with zero attached hydrogens (tertiary/aromatic N) is 1. The standard InChI is InChI=1S/C60H45NSi/c1-6-21-46(22-7-1)47-37-41-50(42-38-47)61(51-43-39-49(40-44-51)58-34-17-19-36-60(58)59-35-18-16-33-57(59)48-23-8-2-9-24-48)52-25-20-32-56(45-52)62(53-26-10-3-11-27-53,54-28-12-4-13-29-54)55-30-14-5-15-31-55/h1-45H. The van der Waals surface area contributed by atoms with Crippen LogP contribution in [0.5, 0.6) is 0 Å². The van der Waals surface area contributed by atoms with Gasteiger partial charge in [0.15, 0.2) is 8.07 Å². The lowest BCUT2D eigenvalue weighted by atomic mass is 9.89. The molecule has 0 N–H and O–H groups in total. The van der Waals surface area contributed by atoms with E-state index in [-0.39, 0.29) is 0 Å². The molecule has 0 atom stereocenters. The average Bonchev–Trinajstić information content (AvgIpc) is 3.36. The molecule has 0 bridgehead atoms. The Labute approximate surface area is 366 Å². The first kappa shape index (κ1) is 38.4. The van der Waals surface area contributed by atoms with Crippen molar-refractivity contribution in [1.82, 2.24) is 0 Å². The van der Waals surface area contributed by atoms with Crippen molar-refractivity contribution >= 4 is 45.9 Å². The molecule has 2 heteroatoms. The largest absolute Gasteiger partial charge is 0.311 e. The van der Waals surface area contributed by atoms with Crippen LogP contribution < -0.4 is 25.6 Å². The van der Waals surface area contributed by atoms with Crippen molar-refractivity contribution in [2.24, 2.45) is 0 Å². The minimum atomic E-state index is -2.78. The van der Waals surface area contributed by atoms with E-state index in [0.717, 1.165) is 17.1 Å². The van der Waals surface area contributed by atoms with Crippen molar-refractivity contribution in [1.29, 1.82) is 0 Å². The van der Waals surface area contributed by atoms with Crippen LogP contribution in [0.4, 0.5) is 17.1 Å². The van der Waals surface area contributed by atoms with Crippen LogP contribution in [0.1, 0.15) is 0 Å². The van der Waals surface area contributed by atoms with E-state index in [1.54, 1.807) is 0 Å². The Hall–Kier alpha value is -7.78. The van der Waals surface area contributed by atoms with Gasteiger partial charge in [0.25, 0.3) is 0 Å². The first-order chi connectivity index (χ1) is 30.8. The molecule has 0 aliphatic rings. The molecular formula is C60H45NSi. The van der Waals surface area contributed by atoms with Gasteiger partial charge in [0.2, 0.25) is 0 Å². The number of benzene rings is 10. The van der Waals surface area contributed by atoms with Gasteiger partial charge in [-0.25, -0.2) is 0 Å². The van der Waals surface area contributed by atoms with Crippen LogP contribution in [-0.2, 0) is 0 Å². The summed E-state index contributed by atoms with van der Waals surface area (Å²) in [6.07, 6.45) is 0. The fourth-order valence-corrected chi connectivity index (χ4v) is 14.0. The van der Waals surface area contributed by atoms with Gasteiger partial charge in [0.05, 0.1) is 0 Å². The summed E-state index contributed by atoms with van der Waals surface area (Å²) in [5.41, 5.74) is 12.9. The molecule has 0 fully saturated rings. The number of hydrogen-bond acceptors (Lipinski definition) is 1. The molecule has 62 heavy (non-hydrogen) atoms. The fourth-order valence-electron chi connectivity index (χ4n) is 9.17. The van der Waals surface area contributed by atoms with Crippen LogP contribution in [0.3, 0.4) is 0 Å². The van der Waals surface area contributed by atoms with Crippen molar-refractivity contribution in [3.8, 4) is 44.5 Å². The zero-order chi connectivity index (χ0) is 41.6. The van der Waals surface area contributed by atoms with Crippen LogP contribution in [0.15, 0.2) is 273 Å². The molecule has 0 saturated heterocycles. The second-order valence-electron chi connectivity index (χ2n) is 15.7. The third-order valence-corrected chi connectivity index (χ3v) is 16.8. The molecule has 0 aliphatic heterocycles. The zero-order valence-corrected chi connectivity index (χ0v) is 35.4. The third kappa shape index (κ3) is 7.38. The van der Waals surface area contributed by atoms with E-state index >= 15 is 0 Å². The molecule has 0 spiro atoms. The van der Waals surface area contributed by atoms with Crippen LogP contribution in [0.25, 0.3) is 44.5 Å². The van der Waals surface area contributed by atoms with E-state index in [4.69, 9.17) is 0 Å². The molecular weight excluding hydrogens is 763 g/mol. The Balaban J connectivity index is 1.12. The zero-order valence-electron chi connectivity index (χ0n) is 34.4. The average molecular weight is 808 g/mol. The third-order valence-electron chi connectivity index (χ3n) is 12.1. The van der Waals surface area contributed by atoms with Crippen LogP contribution in [0.2, 0.25) is 0 Å². The van der Waals surface area contributed by atoms with Gasteiger partial charge in [-0.1, -0.05) is 237 Å². The highest BCUT2D eigenvalue weighted by molar-refractivity contribution is 7.19. The van der Waals surface area contributed by atoms with Gasteiger partial charge in [-0.2, -0.15) is 0 Å². The summed E-state index contributed by atoms with van der Waals surface area (Å²) in [5.74, 6) is 0. The first-order valence-electron chi connectivity index (χ1n) is 21.3. The summed E-state index contributed by atoms with van der Waals surface area (Å²) < 4.78 is 0. The Kier molecular flexibility index (Phi) is 10.8. The predicted molar refractivity (Wildman–Crippen MR) is 266 cm³/mol. The van der Waals surface area contributed by atoms with Crippen molar-refractivity contribution in [2.45, 2.75) is 0 Å². The summed E-state index contributed by atoms with van der Waals surface area (Å²) in [5, 5.41) is 5.38. The Morgan fingerprint density at radius 2 is 0.532 bits per heavy atom. The normalized spacial score (nSPS) is 11.2. The topological polar surface area (TPSA) is 3.24 Å². The smallest absolute Gasteiger partial charge is 0.179 e. The van der Waals surface area contributed by atoms with E-state index in [1.807, 2.05) is 0 Å². The molecule has 10 rings (SSSR count). The Bertz CT molecular complexity index is 2930. The molecule has 10 aromatic rings. The van der Waals surface area contributed by atoms with E-state index in [1.165, 1.54) is 65.3 Å². The van der Waals surface area contributed by atoms with Crippen molar-refractivity contribution in [3.63, 3.8) is 0 Å². The molecule has 10 aromatic carbocycles. The SMILES string of the molecule is c1ccc(-c2ccc(N(c3ccc(-c4ccccc4-c4ccccc4-c4ccccc4)cc3)c3cccc([Si](c4ccccc4)(c4ccccc4)c4ccccc4)c3)cc2)cc1. The maximum absolute atomic E-state index is 2.78. The summed E-state index contributed by atoms with van der Waals surface area (Å²) in [6.45, 7) is 0. The van der Waals surface area contributed by atoms with Crippen LogP contribution >= 0.6 is 0 Å². The summed E-state index contributed by atoms with van der Waals surface area (Å²) in [6, 6.07) is 99.7. The fraction of sp³-hybridized carbons (Fsp3) is 0. The number of hydrogen-bond donors (Lipinski definition) is 0. The lowest BCUT2D eigenvalue weighted by Crippen LogP contribution is -2.74. The molecule has 0 heterocycles. The Morgan fingerprint density at radius 3 is 0.984 bits per heavy atom. The lowest BCUT2D eigenvalue weighted by molar-refractivity contribution is 1.29. The van der Waals surface area contributed by atoms with Crippen molar-refractivity contribution < 1.29 is 0 Å². The maximum Gasteiger partial charge on any atom is 0.179 e. The van der Waals surface area contributed by atoms with Gasteiger partial charge in [-0.3, -0.25) is 0 Å². The van der Waals surface area contributed by atoms with Gasteiger partial charge in [-0.15, -0.1) is 0 Å². The highest BCUT2D eigenvalue weighted by Gasteiger charge is 2.41. The predicted octanol–water partition coefficient (Wildman–Crippen LogP) is 13.2. The highest BCUT2D eigenvalue weighted by Crippen LogP contribution is 2.40. The molecule has 0 radical (unpaired) electrons. The van der Waals surface area contributed by atoms with Crippen molar-refractivity contribution in [3.05, 3.63) is 273 Å². The van der Waals surface area contributed by atoms with Gasteiger partial charge < -0.3 is 4.90 Å². The Morgan fingerprint density at radius 1 is 0.210 bits per heavy atom. The van der Waals surface area contributed by atoms with Crippen molar-refractivity contribution in [2.75, 3.05) is 4.90 Å². The first-order valence-corrected chi connectivity index (χ1v) is 23.3. The van der Waals surface area contributed by atoms with E-state index in [2.05, 4.69) is 278 Å². The maximum atomic E-state index is 2.45. The van der Waals surface area contributed by atoms with Gasteiger partial charge >= 0.3 is 0 Å². The second-order valence-corrected chi connectivity index (χ2v) is 19.5. The van der Waals surface area contributed by atoms with Gasteiger partial charge in [-0.05, 0) is 102 Å². The quantitative estimate of drug-likeness (QED) is 0.0929. The minimum absolute atomic E-state index is 1.09. The molecule has 294 valence electrons. The van der Waals surface area contributed by atoms with E-state index < -0.39 is 8.07 Å². The van der Waals surface area contributed by atoms with E-state index in [9.17, 15) is 0 Å². The van der Waals surface area contributed by atoms with Crippen LogP contribution in [-0.4, -0.2) is 8.07 Å². The monoisotopic (exact) mass is 807 g/mol. The molecule has 0 saturated carbocycles. The summed E-state index contributed by atoms with van der Waals surface area (Å²) in [7, 11) is -2.78. The molecule has 0 aromatic heterocycles. The van der Waals surface area contributed by atoms with E-state index in [0.29, 0.717) is 0 Å². The summed E-state index contributed by atoms with van der Waals surface area (Å²) in [4.78, 5) is 2.42. The number of rotatable bonds is 11. The molecule has 1 nitrogen and oxygen atoms in total. The second kappa shape index (κ2) is 17.4. The van der Waals surface area contributed by atoms with Gasteiger partial charge in [0, 0.05) is 17.1 Å². The minimum Gasteiger partial charge on any atom is -0.311 e. The molecule has 0 amide bonds. The highest BCUT2D eigenvalue weighted by atomic mass is 28.3. The molecule has 0 aliphatic carbocycles. The lowest BCUT2D eigenvalue weighted by Gasteiger charge is -2.35. The van der Waals surface area contributed by atoms with Crippen LogP contribution in [0, 0.1) is 0 Å². The molecule has 0 unspecified atom stereocenters. The summed E-state index contributed by atoms with van der Waals surface area (Å²) >= 11 is 0.